The smallest absolute Gasteiger partial charge is 0.339 e. The van der Waals surface area contributed by atoms with Crippen molar-refractivity contribution in [1.29, 1.82) is 0 Å². The number of methoxy groups -OCH3 is 2. The molecule has 0 atom stereocenters. The van der Waals surface area contributed by atoms with E-state index in [2.05, 4.69) is 14.8 Å². The number of anilines is 2. The van der Waals surface area contributed by atoms with Crippen LogP contribution in [0.2, 0.25) is 0 Å². The van der Waals surface area contributed by atoms with Crippen LogP contribution in [0.3, 0.4) is 0 Å². The molecule has 0 aliphatic rings. The third kappa shape index (κ3) is 7.82. The molecule has 0 aliphatic carbocycles. The van der Waals surface area contributed by atoms with Gasteiger partial charge in [0.2, 0.25) is 0 Å². The zero-order valence-corrected chi connectivity index (χ0v) is 23.5. The van der Waals surface area contributed by atoms with E-state index in [1.165, 1.54) is 49.6 Å². The van der Waals surface area contributed by atoms with Gasteiger partial charge in [-0.15, -0.1) is 0 Å². The molecule has 2 N–H and O–H groups in total. The van der Waals surface area contributed by atoms with Gasteiger partial charge in [0, 0.05) is 5.69 Å². The molecule has 0 aliphatic heterocycles. The highest BCUT2D eigenvalue weighted by atomic mass is 32.2. The first kappa shape index (κ1) is 30.6. The molecule has 41 heavy (non-hydrogen) atoms. The number of carbonyl (C=O) groups is 4. The van der Waals surface area contributed by atoms with Gasteiger partial charge in [-0.05, 0) is 74.0 Å². The van der Waals surface area contributed by atoms with Crippen molar-refractivity contribution in [3.63, 3.8) is 0 Å². The third-order valence-corrected chi connectivity index (χ3v) is 6.99. The van der Waals surface area contributed by atoms with Gasteiger partial charge in [-0.3, -0.25) is 9.52 Å². The molecule has 0 unspecified atom stereocenters. The molecule has 0 saturated carbocycles. The Bertz CT molecular complexity index is 1570. The van der Waals surface area contributed by atoms with Gasteiger partial charge in [0.05, 0.1) is 48.1 Å². The van der Waals surface area contributed by atoms with Crippen LogP contribution in [0.25, 0.3) is 0 Å². The summed E-state index contributed by atoms with van der Waals surface area (Å²) in [6.45, 7) is 3.10. The maximum Gasteiger partial charge on any atom is 0.339 e. The summed E-state index contributed by atoms with van der Waals surface area (Å²) in [7, 11) is -1.75. The minimum absolute atomic E-state index is 0.0476. The Morgan fingerprint density at radius 3 is 2.12 bits per heavy atom. The van der Waals surface area contributed by atoms with Crippen molar-refractivity contribution in [2.45, 2.75) is 18.7 Å². The second-order valence-electron chi connectivity index (χ2n) is 8.41. The summed E-state index contributed by atoms with van der Waals surface area (Å²) in [4.78, 5) is 49.1. The zero-order chi connectivity index (χ0) is 30.2. The topological polar surface area (TPSA) is 163 Å². The number of nitrogens with one attached hydrogen (secondary N) is 2. The lowest BCUT2D eigenvalue weighted by Gasteiger charge is -2.13. The van der Waals surface area contributed by atoms with Crippen LogP contribution < -0.4 is 14.8 Å². The van der Waals surface area contributed by atoms with E-state index in [-0.39, 0.29) is 33.0 Å². The second-order valence-corrected chi connectivity index (χ2v) is 10.1. The monoisotopic (exact) mass is 584 g/mol. The van der Waals surface area contributed by atoms with Gasteiger partial charge in [0.25, 0.3) is 15.9 Å². The number of carbonyl (C=O) groups excluding carboxylic acids is 4. The molecule has 0 spiro atoms. The molecule has 0 heterocycles. The van der Waals surface area contributed by atoms with Crippen molar-refractivity contribution >= 4 is 45.2 Å². The fraction of sp³-hybridized carbons (Fsp3) is 0.214. The summed E-state index contributed by atoms with van der Waals surface area (Å²) in [5.41, 5.74) is 0.570. The van der Waals surface area contributed by atoms with E-state index in [9.17, 15) is 27.6 Å². The summed E-state index contributed by atoms with van der Waals surface area (Å²) in [6.07, 6.45) is 0. The van der Waals surface area contributed by atoms with Gasteiger partial charge in [-0.1, -0.05) is 6.07 Å². The SMILES string of the molecule is CCOc1ccc(NS(=O)(=O)c2ccc(C)c(C(=O)OCC(=O)Nc3cc(C(=O)OC)ccc3C(=O)OC)c2)cc1. The maximum atomic E-state index is 12.9. The van der Waals surface area contributed by atoms with Crippen LogP contribution >= 0.6 is 0 Å². The molecular weight excluding hydrogens is 556 g/mol. The molecule has 1 amide bonds. The highest BCUT2D eigenvalue weighted by molar-refractivity contribution is 7.92. The molecule has 3 aromatic carbocycles. The third-order valence-electron chi connectivity index (χ3n) is 5.61. The van der Waals surface area contributed by atoms with E-state index in [0.717, 1.165) is 13.2 Å². The molecule has 0 radical (unpaired) electrons. The van der Waals surface area contributed by atoms with Gasteiger partial charge in [-0.25, -0.2) is 22.8 Å². The normalized spacial score (nSPS) is 10.7. The van der Waals surface area contributed by atoms with Crippen molar-refractivity contribution in [2.24, 2.45) is 0 Å². The van der Waals surface area contributed by atoms with Crippen molar-refractivity contribution in [3.05, 3.63) is 82.9 Å². The number of sulfonamides is 1. The average Bonchev–Trinajstić information content (AvgIpc) is 2.96. The Morgan fingerprint density at radius 1 is 0.805 bits per heavy atom. The van der Waals surface area contributed by atoms with Crippen LogP contribution in [-0.2, 0) is 29.0 Å². The van der Waals surface area contributed by atoms with Crippen molar-refractivity contribution < 1.29 is 46.5 Å². The standard InChI is InChI=1S/C28H28N2O10S/c1-5-39-20-10-8-19(9-11-20)30-41(35,36)21-12-6-17(2)23(15-21)28(34)40-16-25(31)29-24-14-18(26(32)37-3)7-13-22(24)27(33)38-4/h6-15,30H,5,16H2,1-4H3,(H,29,31). The molecule has 0 bridgehead atoms. The molecule has 216 valence electrons. The van der Waals surface area contributed by atoms with Crippen molar-refractivity contribution in [1.82, 2.24) is 0 Å². The number of rotatable bonds is 11. The van der Waals surface area contributed by atoms with Crippen LogP contribution in [0.5, 0.6) is 5.75 Å². The number of hydrogen-bond acceptors (Lipinski definition) is 10. The molecule has 3 rings (SSSR count). The average molecular weight is 585 g/mol. The number of hydrogen-bond donors (Lipinski definition) is 2. The zero-order valence-electron chi connectivity index (χ0n) is 22.7. The molecular formula is C28H28N2O10S. The number of esters is 3. The van der Waals surface area contributed by atoms with Gasteiger partial charge in [0.15, 0.2) is 6.61 Å². The number of ether oxygens (including phenoxy) is 4. The Morgan fingerprint density at radius 2 is 1.49 bits per heavy atom. The Kier molecular flexibility index (Phi) is 10.0. The molecule has 3 aromatic rings. The largest absolute Gasteiger partial charge is 0.494 e. The first-order valence-electron chi connectivity index (χ1n) is 12.1. The highest BCUT2D eigenvalue weighted by Crippen LogP contribution is 2.23. The van der Waals surface area contributed by atoms with E-state index in [1.54, 1.807) is 19.1 Å². The van der Waals surface area contributed by atoms with E-state index >= 15 is 0 Å². The van der Waals surface area contributed by atoms with Crippen molar-refractivity contribution in [2.75, 3.05) is 37.5 Å². The van der Waals surface area contributed by atoms with E-state index in [4.69, 9.17) is 14.2 Å². The lowest BCUT2D eigenvalue weighted by atomic mass is 10.1. The summed E-state index contributed by atoms with van der Waals surface area (Å²) >= 11 is 0. The number of aryl methyl sites for hydroxylation is 1. The quantitative estimate of drug-likeness (QED) is 0.252. The van der Waals surface area contributed by atoms with E-state index in [0.29, 0.717) is 17.9 Å². The summed E-state index contributed by atoms with van der Waals surface area (Å²) < 4.78 is 48.1. The fourth-order valence-electron chi connectivity index (χ4n) is 3.56. The molecule has 0 aromatic heterocycles. The fourth-order valence-corrected chi connectivity index (χ4v) is 4.65. The summed E-state index contributed by atoms with van der Waals surface area (Å²) in [5.74, 6) is -2.68. The van der Waals surface area contributed by atoms with Gasteiger partial charge in [0.1, 0.15) is 5.75 Å². The van der Waals surface area contributed by atoms with E-state index in [1.807, 2.05) is 6.92 Å². The number of amides is 1. The van der Waals surface area contributed by atoms with Crippen LogP contribution in [0.1, 0.15) is 43.6 Å². The first-order valence-corrected chi connectivity index (χ1v) is 13.6. The number of benzene rings is 3. The lowest BCUT2D eigenvalue weighted by Crippen LogP contribution is -2.23. The maximum absolute atomic E-state index is 12.9. The first-order chi connectivity index (χ1) is 19.5. The van der Waals surface area contributed by atoms with E-state index < -0.39 is 40.4 Å². The predicted molar refractivity (Wildman–Crippen MR) is 148 cm³/mol. The van der Waals surface area contributed by atoms with Crippen LogP contribution in [-0.4, -0.2) is 59.7 Å². The van der Waals surface area contributed by atoms with Gasteiger partial charge in [-0.2, -0.15) is 0 Å². The summed E-state index contributed by atoms with van der Waals surface area (Å²) in [6, 6.07) is 14.0. The van der Waals surface area contributed by atoms with Crippen LogP contribution in [0.4, 0.5) is 11.4 Å². The minimum Gasteiger partial charge on any atom is -0.494 e. The molecule has 12 nitrogen and oxygen atoms in total. The molecule has 0 saturated heterocycles. The second kappa shape index (κ2) is 13.4. The minimum atomic E-state index is -4.07. The molecule has 13 heteroatoms. The Hall–Kier alpha value is -4.91. The Labute approximate surface area is 236 Å². The van der Waals surface area contributed by atoms with Gasteiger partial charge < -0.3 is 24.3 Å². The highest BCUT2D eigenvalue weighted by Gasteiger charge is 2.21. The lowest BCUT2D eigenvalue weighted by molar-refractivity contribution is -0.119. The predicted octanol–water partition coefficient (Wildman–Crippen LogP) is 3.56. The molecule has 0 fully saturated rings. The Balaban J connectivity index is 1.73. The van der Waals surface area contributed by atoms with Crippen LogP contribution in [0, 0.1) is 6.92 Å². The van der Waals surface area contributed by atoms with Crippen molar-refractivity contribution in [3.8, 4) is 5.75 Å². The summed E-state index contributed by atoms with van der Waals surface area (Å²) in [5, 5.41) is 2.40. The van der Waals surface area contributed by atoms with Crippen LogP contribution in [0.15, 0.2) is 65.6 Å². The van der Waals surface area contributed by atoms with Gasteiger partial charge >= 0.3 is 17.9 Å².